The van der Waals surface area contributed by atoms with Crippen LogP contribution in [0.5, 0.6) is 0 Å². The van der Waals surface area contributed by atoms with Crippen molar-refractivity contribution in [1.29, 1.82) is 0 Å². The van der Waals surface area contributed by atoms with E-state index in [1.165, 1.54) is 0 Å². The zero-order valence-electron chi connectivity index (χ0n) is 18.8. The lowest BCUT2D eigenvalue weighted by atomic mass is 10.0. The van der Waals surface area contributed by atoms with Crippen LogP contribution in [0.3, 0.4) is 0 Å². The fourth-order valence-electron chi connectivity index (χ4n) is 3.66. The summed E-state index contributed by atoms with van der Waals surface area (Å²) >= 11 is 0. The van der Waals surface area contributed by atoms with E-state index in [1.54, 1.807) is 4.90 Å². The van der Waals surface area contributed by atoms with E-state index >= 15 is 0 Å². The van der Waals surface area contributed by atoms with Gasteiger partial charge in [-0.05, 0) is 44.0 Å². The van der Waals surface area contributed by atoms with Crippen molar-refractivity contribution >= 4 is 17.0 Å². The van der Waals surface area contributed by atoms with Gasteiger partial charge in [0.25, 0.3) is 0 Å². The van der Waals surface area contributed by atoms with Crippen LogP contribution < -0.4 is 0 Å². The highest BCUT2D eigenvalue weighted by atomic mass is 16.6. The number of hydrogen-bond acceptors (Lipinski definition) is 3. The maximum atomic E-state index is 13.1. The van der Waals surface area contributed by atoms with Crippen molar-refractivity contribution in [3.8, 4) is 11.3 Å². The van der Waals surface area contributed by atoms with E-state index in [0.717, 1.165) is 33.3 Å². The van der Waals surface area contributed by atoms with Crippen molar-refractivity contribution in [1.82, 2.24) is 9.88 Å². The Labute approximate surface area is 189 Å². The van der Waals surface area contributed by atoms with Gasteiger partial charge in [-0.2, -0.15) is 0 Å². The first kappa shape index (κ1) is 21.6. The quantitative estimate of drug-likeness (QED) is 0.352. The molecule has 4 aromatic rings. The fraction of sp³-hybridized carbons (Fsp3) is 0.214. The molecule has 0 saturated heterocycles. The summed E-state index contributed by atoms with van der Waals surface area (Å²) < 4.78 is 5.74. The first-order valence-electron chi connectivity index (χ1n) is 10.8. The summed E-state index contributed by atoms with van der Waals surface area (Å²) in [6.45, 7) is 6.56. The second kappa shape index (κ2) is 9.23. The fourth-order valence-corrected chi connectivity index (χ4v) is 3.66. The van der Waals surface area contributed by atoms with Gasteiger partial charge in [-0.15, -0.1) is 0 Å². The Morgan fingerprint density at radius 1 is 0.844 bits per heavy atom. The van der Waals surface area contributed by atoms with Gasteiger partial charge in [0.05, 0.1) is 17.8 Å². The zero-order chi connectivity index (χ0) is 22.6. The molecule has 0 saturated carbocycles. The van der Waals surface area contributed by atoms with Crippen molar-refractivity contribution in [2.75, 3.05) is 0 Å². The van der Waals surface area contributed by atoms with E-state index in [0.29, 0.717) is 13.1 Å². The molecule has 0 aliphatic carbocycles. The van der Waals surface area contributed by atoms with E-state index < -0.39 is 5.60 Å². The molecule has 0 fully saturated rings. The predicted molar refractivity (Wildman–Crippen MR) is 129 cm³/mol. The number of para-hydroxylation sites is 1. The second-order valence-electron chi connectivity index (χ2n) is 8.87. The van der Waals surface area contributed by atoms with Gasteiger partial charge in [0.2, 0.25) is 0 Å². The second-order valence-corrected chi connectivity index (χ2v) is 8.87. The van der Waals surface area contributed by atoms with Gasteiger partial charge in [-0.3, -0.25) is 4.90 Å². The van der Waals surface area contributed by atoms with Crippen LogP contribution in [0.2, 0.25) is 0 Å². The first-order valence-corrected chi connectivity index (χ1v) is 10.8. The molecule has 0 N–H and O–H groups in total. The standard InChI is InChI=1S/C28H28N2O2/c1-28(2,3)32-27(31)30(19-21-12-6-4-7-13-21)20-23-18-26(22-14-8-5-9-15-22)29-25-17-11-10-16-24(23)25/h4-18H,19-20H2,1-3H3. The number of nitrogens with zero attached hydrogens (tertiary/aromatic N) is 2. The molecule has 3 aromatic carbocycles. The van der Waals surface area contributed by atoms with Gasteiger partial charge in [-0.25, -0.2) is 9.78 Å². The molecule has 4 heteroatoms. The molecule has 0 unspecified atom stereocenters. The molecule has 1 amide bonds. The van der Waals surface area contributed by atoms with Crippen molar-refractivity contribution in [3.05, 3.63) is 102 Å². The number of ether oxygens (including phenoxy) is 1. The average Bonchev–Trinajstić information content (AvgIpc) is 2.78. The number of rotatable bonds is 5. The third kappa shape index (κ3) is 5.33. The minimum Gasteiger partial charge on any atom is -0.444 e. The number of benzene rings is 3. The first-order chi connectivity index (χ1) is 15.4. The SMILES string of the molecule is CC(C)(C)OC(=O)N(Cc1ccccc1)Cc1cc(-c2ccccc2)nc2ccccc12. The van der Waals surface area contributed by atoms with E-state index in [-0.39, 0.29) is 6.09 Å². The normalized spacial score (nSPS) is 11.3. The molecule has 0 bridgehead atoms. The molecule has 4 rings (SSSR count). The number of hydrogen-bond donors (Lipinski definition) is 0. The highest BCUT2D eigenvalue weighted by Gasteiger charge is 2.23. The minimum atomic E-state index is -0.568. The summed E-state index contributed by atoms with van der Waals surface area (Å²) in [6.07, 6.45) is -0.330. The maximum absolute atomic E-state index is 13.1. The summed E-state index contributed by atoms with van der Waals surface area (Å²) in [7, 11) is 0. The smallest absolute Gasteiger partial charge is 0.410 e. The molecule has 4 nitrogen and oxygen atoms in total. The summed E-state index contributed by atoms with van der Waals surface area (Å²) in [6, 6.07) is 30.3. The Bertz CT molecular complexity index is 1200. The van der Waals surface area contributed by atoms with Crippen LogP contribution in [-0.2, 0) is 17.8 Å². The van der Waals surface area contributed by atoms with Gasteiger partial charge in [0.15, 0.2) is 0 Å². The molecule has 32 heavy (non-hydrogen) atoms. The minimum absolute atomic E-state index is 0.330. The lowest BCUT2D eigenvalue weighted by molar-refractivity contribution is 0.0217. The number of carbonyl (C=O) groups is 1. The van der Waals surface area contributed by atoms with Gasteiger partial charge in [0, 0.05) is 17.5 Å². The lowest BCUT2D eigenvalue weighted by Crippen LogP contribution is -2.36. The van der Waals surface area contributed by atoms with Crippen molar-refractivity contribution < 1.29 is 9.53 Å². The number of aromatic nitrogens is 1. The van der Waals surface area contributed by atoms with Gasteiger partial charge < -0.3 is 4.74 Å². The Kier molecular flexibility index (Phi) is 6.22. The monoisotopic (exact) mass is 424 g/mol. The van der Waals surface area contributed by atoms with E-state index in [2.05, 4.69) is 24.3 Å². The van der Waals surface area contributed by atoms with Crippen molar-refractivity contribution in [2.45, 2.75) is 39.5 Å². The Hall–Kier alpha value is -3.66. The van der Waals surface area contributed by atoms with Crippen LogP contribution in [0, 0.1) is 0 Å². The molecule has 0 aliphatic rings. The summed E-state index contributed by atoms with van der Waals surface area (Å²) in [5.41, 5.74) is 4.38. The Balaban J connectivity index is 1.75. The highest BCUT2D eigenvalue weighted by Crippen LogP contribution is 2.27. The van der Waals surface area contributed by atoms with Crippen LogP contribution in [0.15, 0.2) is 91.0 Å². The van der Waals surface area contributed by atoms with E-state index in [9.17, 15) is 4.79 Å². The largest absolute Gasteiger partial charge is 0.444 e. The van der Waals surface area contributed by atoms with Crippen LogP contribution in [-0.4, -0.2) is 21.6 Å². The van der Waals surface area contributed by atoms with Crippen molar-refractivity contribution in [3.63, 3.8) is 0 Å². The van der Waals surface area contributed by atoms with Crippen LogP contribution >= 0.6 is 0 Å². The molecule has 0 radical (unpaired) electrons. The third-order valence-electron chi connectivity index (χ3n) is 5.10. The average molecular weight is 425 g/mol. The Morgan fingerprint density at radius 2 is 1.47 bits per heavy atom. The van der Waals surface area contributed by atoms with Crippen molar-refractivity contribution in [2.24, 2.45) is 0 Å². The summed E-state index contributed by atoms with van der Waals surface area (Å²) in [5, 5.41) is 1.04. The number of fused-ring (bicyclic) bond motifs is 1. The summed E-state index contributed by atoms with van der Waals surface area (Å²) in [5.74, 6) is 0. The topological polar surface area (TPSA) is 42.4 Å². The maximum Gasteiger partial charge on any atom is 0.410 e. The molecular weight excluding hydrogens is 396 g/mol. The van der Waals surface area contributed by atoms with Crippen LogP contribution in [0.4, 0.5) is 4.79 Å². The van der Waals surface area contributed by atoms with Crippen LogP contribution in [0.1, 0.15) is 31.9 Å². The Morgan fingerprint density at radius 3 is 2.16 bits per heavy atom. The lowest BCUT2D eigenvalue weighted by Gasteiger charge is -2.28. The molecule has 0 aliphatic heterocycles. The molecular formula is C28H28N2O2. The van der Waals surface area contributed by atoms with Crippen LogP contribution in [0.25, 0.3) is 22.2 Å². The highest BCUT2D eigenvalue weighted by molar-refractivity contribution is 5.85. The zero-order valence-corrected chi connectivity index (χ0v) is 18.8. The van der Waals surface area contributed by atoms with Gasteiger partial charge in [0.1, 0.15) is 5.60 Å². The third-order valence-corrected chi connectivity index (χ3v) is 5.10. The van der Waals surface area contributed by atoms with E-state index in [1.807, 2.05) is 87.5 Å². The summed E-state index contributed by atoms with van der Waals surface area (Å²) in [4.78, 5) is 19.8. The molecule has 0 spiro atoms. The van der Waals surface area contributed by atoms with E-state index in [4.69, 9.17) is 9.72 Å². The number of amides is 1. The molecule has 1 heterocycles. The van der Waals surface area contributed by atoms with Gasteiger partial charge >= 0.3 is 6.09 Å². The number of pyridine rings is 1. The number of carbonyl (C=O) groups excluding carboxylic acids is 1. The van der Waals surface area contributed by atoms with Gasteiger partial charge in [-0.1, -0.05) is 78.9 Å². The molecule has 1 aromatic heterocycles. The molecule has 0 atom stereocenters. The predicted octanol–water partition coefficient (Wildman–Crippen LogP) is 6.84. The molecule has 162 valence electrons.